The Bertz CT molecular complexity index is 860. The Hall–Kier alpha value is -1.64. The van der Waals surface area contributed by atoms with Crippen molar-refractivity contribution in [1.82, 2.24) is 9.97 Å². The van der Waals surface area contributed by atoms with Gasteiger partial charge in [-0.2, -0.15) is 0 Å². The van der Waals surface area contributed by atoms with Gasteiger partial charge in [-0.25, -0.2) is 9.97 Å². The molecule has 0 saturated heterocycles. The number of fused-ring (bicyclic) bond motifs is 1. The summed E-state index contributed by atoms with van der Waals surface area (Å²) in [4.78, 5) is 10.4. The summed E-state index contributed by atoms with van der Waals surface area (Å²) in [5, 5.41) is 0. The van der Waals surface area contributed by atoms with E-state index in [9.17, 15) is 0 Å². The molecule has 2 rings (SSSR count). The number of para-hydroxylation sites is 1. The van der Waals surface area contributed by atoms with Gasteiger partial charge in [0.1, 0.15) is 5.69 Å². The second-order valence-electron chi connectivity index (χ2n) is 11.3. The van der Waals surface area contributed by atoms with E-state index in [4.69, 9.17) is 14.7 Å². The van der Waals surface area contributed by atoms with E-state index in [0.29, 0.717) is 5.88 Å². The van der Waals surface area contributed by atoms with Gasteiger partial charge in [0.2, 0.25) is 5.88 Å². The van der Waals surface area contributed by atoms with E-state index in [1.165, 1.54) is 89.0 Å². The summed E-state index contributed by atoms with van der Waals surface area (Å²) in [5.41, 5.74) is 4.54. The van der Waals surface area contributed by atoms with Crippen LogP contribution in [0.15, 0.2) is 18.2 Å². The van der Waals surface area contributed by atoms with Crippen LogP contribution in [0.5, 0.6) is 5.88 Å². The van der Waals surface area contributed by atoms with Gasteiger partial charge < -0.3 is 4.74 Å². The van der Waals surface area contributed by atoms with Crippen LogP contribution in [0.3, 0.4) is 0 Å². The summed E-state index contributed by atoms with van der Waals surface area (Å²) in [5.74, 6) is 0.695. The first-order valence-corrected chi connectivity index (χ1v) is 14.2. The maximum atomic E-state index is 5.79. The van der Waals surface area contributed by atoms with Crippen LogP contribution in [-0.4, -0.2) is 17.1 Å². The van der Waals surface area contributed by atoms with Crippen molar-refractivity contribution < 1.29 is 4.74 Å². The molecule has 0 N–H and O–H groups in total. The molecule has 2 aromatic rings. The third-order valence-electron chi connectivity index (χ3n) is 7.72. The highest BCUT2D eigenvalue weighted by atomic mass is 16.5. The van der Waals surface area contributed by atoms with Crippen molar-refractivity contribution in [3.05, 3.63) is 29.5 Å². The molecule has 3 nitrogen and oxygen atoms in total. The van der Waals surface area contributed by atoms with Crippen molar-refractivity contribution in [1.29, 1.82) is 0 Å². The van der Waals surface area contributed by atoms with Crippen LogP contribution in [-0.2, 0) is 10.8 Å². The zero-order valence-electron chi connectivity index (χ0n) is 23.4. The van der Waals surface area contributed by atoms with Gasteiger partial charge in [-0.3, -0.25) is 0 Å². The molecule has 0 aliphatic rings. The maximum Gasteiger partial charge on any atom is 0.236 e. The molecular formula is C31H52N2O. The molecule has 34 heavy (non-hydrogen) atoms. The highest BCUT2D eigenvalue weighted by Gasteiger charge is 2.32. The molecule has 0 aliphatic carbocycles. The first kappa shape index (κ1) is 28.6. The van der Waals surface area contributed by atoms with Crippen LogP contribution in [0.25, 0.3) is 11.0 Å². The van der Waals surface area contributed by atoms with E-state index in [-0.39, 0.29) is 10.8 Å². The zero-order valence-corrected chi connectivity index (χ0v) is 23.4. The molecule has 0 amide bonds. The number of rotatable bonds is 17. The third kappa shape index (κ3) is 7.68. The fourth-order valence-corrected chi connectivity index (χ4v) is 5.34. The minimum Gasteiger partial charge on any atom is -0.480 e. The summed E-state index contributed by atoms with van der Waals surface area (Å²) in [6, 6.07) is 6.61. The standard InChI is InChI=1S/C31H52N2O/c1-8-11-14-17-22-30(4,5)28-29(34-7)32-26-21-19-20-25(27(26)33-28)31(6,23-16-13-10-3)24-18-15-12-9-2/h19-21H,8-18,22-24H2,1-7H3. The first-order valence-electron chi connectivity index (χ1n) is 14.2. The van der Waals surface area contributed by atoms with Gasteiger partial charge in [0, 0.05) is 5.41 Å². The minimum absolute atomic E-state index is 0.0624. The SMILES string of the molecule is CCCCCCC(C)(C)c1nc2c(C(C)(CCCCC)CCCCCC)cccc2nc1OC. The third-order valence-corrected chi connectivity index (χ3v) is 7.72. The van der Waals surface area contributed by atoms with Crippen LogP contribution in [0.2, 0.25) is 0 Å². The molecule has 1 atom stereocenters. The van der Waals surface area contributed by atoms with E-state index in [2.05, 4.69) is 59.7 Å². The lowest BCUT2D eigenvalue weighted by Gasteiger charge is -2.32. The highest BCUT2D eigenvalue weighted by molar-refractivity contribution is 5.80. The number of aromatic nitrogens is 2. The van der Waals surface area contributed by atoms with Gasteiger partial charge in [-0.05, 0) is 36.3 Å². The van der Waals surface area contributed by atoms with Gasteiger partial charge in [0.05, 0.1) is 18.1 Å². The van der Waals surface area contributed by atoms with Gasteiger partial charge in [-0.15, -0.1) is 0 Å². The van der Waals surface area contributed by atoms with Crippen molar-refractivity contribution in [3.8, 4) is 5.88 Å². The number of unbranched alkanes of at least 4 members (excludes halogenated alkanes) is 8. The van der Waals surface area contributed by atoms with Crippen molar-refractivity contribution in [2.75, 3.05) is 7.11 Å². The van der Waals surface area contributed by atoms with E-state index < -0.39 is 0 Å². The highest BCUT2D eigenvalue weighted by Crippen LogP contribution is 2.41. The summed E-state index contributed by atoms with van der Waals surface area (Å²) >= 11 is 0. The fraction of sp³-hybridized carbons (Fsp3) is 0.742. The van der Waals surface area contributed by atoms with E-state index in [0.717, 1.165) is 23.1 Å². The topological polar surface area (TPSA) is 35.0 Å². The quantitative estimate of drug-likeness (QED) is 0.217. The van der Waals surface area contributed by atoms with E-state index >= 15 is 0 Å². The molecule has 192 valence electrons. The minimum atomic E-state index is -0.0624. The Morgan fingerprint density at radius 3 is 1.85 bits per heavy atom. The number of hydrogen-bond donors (Lipinski definition) is 0. The van der Waals surface area contributed by atoms with Crippen LogP contribution in [0.4, 0.5) is 0 Å². The number of benzene rings is 1. The van der Waals surface area contributed by atoms with E-state index in [1.807, 2.05) is 0 Å². The number of nitrogens with zero attached hydrogens (tertiary/aromatic N) is 2. The van der Waals surface area contributed by atoms with E-state index in [1.54, 1.807) is 7.11 Å². The zero-order chi connectivity index (χ0) is 25.0. The molecular weight excluding hydrogens is 416 g/mol. The summed E-state index contributed by atoms with van der Waals surface area (Å²) in [6.45, 7) is 14.0. The summed E-state index contributed by atoms with van der Waals surface area (Å²) < 4.78 is 5.79. The van der Waals surface area contributed by atoms with Crippen LogP contribution < -0.4 is 4.74 Å². The van der Waals surface area contributed by atoms with Crippen LogP contribution in [0.1, 0.15) is 143 Å². The molecule has 0 bridgehead atoms. The van der Waals surface area contributed by atoms with Gasteiger partial charge in [0.15, 0.2) is 0 Å². The Morgan fingerprint density at radius 2 is 1.26 bits per heavy atom. The van der Waals surface area contributed by atoms with Gasteiger partial charge >= 0.3 is 0 Å². The Morgan fingerprint density at radius 1 is 0.706 bits per heavy atom. The molecule has 0 spiro atoms. The first-order chi connectivity index (χ1) is 16.3. The van der Waals surface area contributed by atoms with Gasteiger partial charge in [-0.1, -0.05) is 124 Å². The molecule has 3 heteroatoms. The average Bonchev–Trinajstić information content (AvgIpc) is 2.83. The molecule has 1 unspecified atom stereocenters. The Labute approximate surface area is 210 Å². The average molecular weight is 469 g/mol. The Balaban J connectivity index is 2.50. The summed E-state index contributed by atoms with van der Waals surface area (Å²) in [7, 11) is 1.74. The molecule has 1 aromatic carbocycles. The number of hydrogen-bond acceptors (Lipinski definition) is 3. The lowest BCUT2D eigenvalue weighted by atomic mass is 9.73. The lowest BCUT2D eigenvalue weighted by Crippen LogP contribution is -2.25. The normalized spacial score (nSPS) is 13.9. The van der Waals surface area contributed by atoms with Crippen molar-refractivity contribution in [2.24, 2.45) is 0 Å². The Kier molecular flexibility index (Phi) is 11.8. The molecule has 0 radical (unpaired) electrons. The molecule has 0 saturated carbocycles. The van der Waals surface area contributed by atoms with Crippen LogP contribution >= 0.6 is 0 Å². The fourth-order valence-electron chi connectivity index (χ4n) is 5.34. The molecule has 1 heterocycles. The molecule has 1 aromatic heterocycles. The predicted molar refractivity (Wildman–Crippen MR) is 148 cm³/mol. The second-order valence-corrected chi connectivity index (χ2v) is 11.3. The molecule has 0 aliphatic heterocycles. The van der Waals surface area contributed by atoms with Crippen molar-refractivity contribution >= 4 is 11.0 Å². The molecule has 0 fully saturated rings. The largest absolute Gasteiger partial charge is 0.480 e. The lowest BCUT2D eigenvalue weighted by molar-refractivity contribution is 0.357. The second kappa shape index (κ2) is 14.0. The van der Waals surface area contributed by atoms with Gasteiger partial charge in [0.25, 0.3) is 0 Å². The van der Waals surface area contributed by atoms with Crippen LogP contribution in [0, 0.1) is 0 Å². The number of methoxy groups -OCH3 is 1. The van der Waals surface area contributed by atoms with Crippen molar-refractivity contribution in [2.45, 2.75) is 142 Å². The monoisotopic (exact) mass is 468 g/mol. The predicted octanol–water partition coefficient (Wildman–Crippen LogP) is 9.69. The number of ether oxygens (including phenoxy) is 1. The maximum absolute atomic E-state index is 5.79. The smallest absolute Gasteiger partial charge is 0.236 e. The van der Waals surface area contributed by atoms with Crippen molar-refractivity contribution in [3.63, 3.8) is 0 Å². The summed E-state index contributed by atoms with van der Waals surface area (Å²) in [6.07, 6.45) is 17.6.